The van der Waals surface area contributed by atoms with Gasteiger partial charge in [-0.3, -0.25) is 0 Å². The summed E-state index contributed by atoms with van der Waals surface area (Å²) in [7, 11) is 0. The molecule has 0 heterocycles. The second-order valence-electron chi connectivity index (χ2n) is 0.398. The molecule has 0 nitrogen and oxygen atoms in total. The van der Waals surface area contributed by atoms with E-state index in [1.165, 1.54) is 0 Å². The van der Waals surface area contributed by atoms with E-state index < -0.39 is 0 Å². The summed E-state index contributed by atoms with van der Waals surface area (Å²) < 4.78 is 0. The lowest BCUT2D eigenvalue weighted by molar-refractivity contribution is 2.54. The Morgan fingerprint density at radius 3 is 2.25 bits per heavy atom. The molecule has 0 aliphatic carbocycles. The van der Waals surface area contributed by atoms with E-state index in [0.717, 1.165) is 5.38 Å². The number of rotatable bonds is 1. The summed E-state index contributed by atoms with van der Waals surface area (Å²) in [6, 6.07) is 0. The SMILES string of the molecule is CSBBr. The number of hydrogen-bond donors (Lipinski definition) is 0. The molecule has 0 saturated carbocycles. The third-order valence-corrected chi connectivity index (χ3v) is 1.70. The van der Waals surface area contributed by atoms with Crippen LogP contribution in [0.3, 0.4) is 0 Å². The summed E-state index contributed by atoms with van der Waals surface area (Å²) in [6.07, 6.45) is 2.05. The van der Waals surface area contributed by atoms with Crippen molar-refractivity contribution in [3.05, 3.63) is 0 Å². The molecule has 0 N–H and O–H groups in total. The average molecular weight is 139 g/mol. The van der Waals surface area contributed by atoms with Crippen LogP contribution in [0.1, 0.15) is 0 Å². The molecule has 4 heavy (non-hydrogen) atoms. The van der Waals surface area contributed by atoms with Crippen molar-refractivity contribution in [2.75, 3.05) is 6.26 Å². The minimum Gasteiger partial charge on any atom is -0.202 e. The molecule has 0 aromatic heterocycles. The predicted molar refractivity (Wildman–Crippen MR) is 29.6 cm³/mol. The second-order valence-corrected chi connectivity index (χ2v) is 2.57. The van der Waals surface area contributed by atoms with Crippen LogP contribution in [0.15, 0.2) is 0 Å². The highest BCUT2D eigenvalue weighted by Crippen LogP contribution is 1.89. The van der Waals surface area contributed by atoms with E-state index in [-0.39, 0.29) is 0 Å². The van der Waals surface area contributed by atoms with Crippen molar-refractivity contribution in [2.45, 2.75) is 0 Å². The molecule has 3 heteroatoms. The Labute approximate surface area is 39.5 Å². The van der Waals surface area contributed by atoms with E-state index in [4.69, 9.17) is 0 Å². The standard InChI is InChI=1S/CH4BBrS/c1-4-2-3/h2H,1H3. The molecule has 0 aliphatic rings. The zero-order chi connectivity index (χ0) is 3.41. The Morgan fingerprint density at radius 1 is 2.00 bits per heavy atom. The van der Waals surface area contributed by atoms with Crippen molar-refractivity contribution in [2.24, 2.45) is 0 Å². The van der Waals surface area contributed by atoms with E-state index >= 15 is 0 Å². The fourth-order valence-electron chi connectivity index (χ4n) is 0. The van der Waals surface area contributed by atoms with Crippen LogP contribution in [-0.4, -0.2) is 11.6 Å². The quantitative estimate of drug-likeness (QED) is 0.488. The second kappa shape index (κ2) is 3.89. The maximum atomic E-state index is 3.21. The van der Waals surface area contributed by atoms with E-state index in [2.05, 4.69) is 22.0 Å². The van der Waals surface area contributed by atoms with Crippen molar-refractivity contribution in [1.82, 2.24) is 0 Å². The Bertz CT molecular complexity index is 10.0. The van der Waals surface area contributed by atoms with Crippen LogP contribution < -0.4 is 0 Å². The fourth-order valence-corrected chi connectivity index (χ4v) is 0. The van der Waals surface area contributed by atoms with E-state index in [1.807, 2.05) is 0 Å². The van der Waals surface area contributed by atoms with Gasteiger partial charge in [-0.15, -0.1) is 15.8 Å². The molecule has 0 aromatic carbocycles. The summed E-state index contributed by atoms with van der Waals surface area (Å²) in [6.45, 7) is 0. The van der Waals surface area contributed by atoms with Crippen LogP contribution >= 0.6 is 27.4 Å². The molecule has 0 unspecified atom stereocenters. The van der Waals surface area contributed by atoms with Crippen LogP contribution in [0, 0.1) is 0 Å². The molecule has 0 radical (unpaired) electrons. The van der Waals surface area contributed by atoms with Gasteiger partial charge in [-0.1, -0.05) is 0 Å². The molecule has 0 fully saturated rings. The summed E-state index contributed by atoms with van der Waals surface area (Å²) in [4.78, 5) is 0. The highest BCUT2D eigenvalue weighted by Gasteiger charge is 1.64. The first-order valence-electron chi connectivity index (χ1n) is 0.964. The average Bonchev–Trinajstić information content (AvgIpc) is 1.37. The van der Waals surface area contributed by atoms with Gasteiger partial charge in [-0.05, 0) is 6.26 Å². The smallest absolute Gasteiger partial charge is 0.202 e. The largest absolute Gasteiger partial charge is 0.268 e. The normalized spacial score (nSPS) is 6.50. The Kier molecular flexibility index (Phi) is 4.77. The number of hydrogen-bond acceptors (Lipinski definition) is 1. The lowest BCUT2D eigenvalue weighted by Crippen LogP contribution is -1.52. The van der Waals surface area contributed by atoms with Crippen LogP contribution in [0.2, 0.25) is 0 Å². The van der Waals surface area contributed by atoms with Crippen LogP contribution in [0.4, 0.5) is 0 Å². The summed E-state index contributed by atoms with van der Waals surface area (Å²) >= 11 is 4.98. The van der Waals surface area contributed by atoms with E-state index in [9.17, 15) is 0 Å². The highest BCUT2D eigenvalue weighted by molar-refractivity contribution is 9.28. The first-order chi connectivity index (χ1) is 1.91. The maximum absolute atomic E-state index is 3.21. The van der Waals surface area contributed by atoms with Crippen molar-refractivity contribution < 1.29 is 0 Å². The summed E-state index contributed by atoms with van der Waals surface area (Å²) in [5.41, 5.74) is 0. The van der Waals surface area contributed by atoms with Gasteiger partial charge in [0, 0.05) is 0 Å². The molecule has 24 valence electrons. The predicted octanol–water partition coefficient (Wildman–Crippen LogP) is 1.01. The monoisotopic (exact) mass is 138 g/mol. The molecule has 0 amide bonds. The Morgan fingerprint density at radius 2 is 2.25 bits per heavy atom. The van der Waals surface area contributed by atoms with Crippen LogP contribution in [0.25, 0.3) is 0 Å². The lowest BCUT2D eigenvalue weighted by atomic mass is 10.7. The molecule has 0 saturated heterocycles. The Balaban J connectivity index is 1.97. The molecular weight excluding hydrogens is 135 g/mol. The topological polar surface area (TPSA) is 0 Å². The first kappa shape index (κ1) is 4.89. The maximum Gasteiger partial charge on any atom is 0.268 e. The van der Waals surface area contributed by atoms with Crippen molar-refractivity contribution >= 4 is 32.8 Å². The van der Waals surface area contributed by atoms with Gasteiger partial charge in [0.2, 0.25) is 0 Å². The highest BCUT2D eigenvalue weighted by atomic mass is 79.9. The minimum atomic E-state index is 1.05. The van der Waals surface area contributed by atoms with Gasteiger partial charge in [-0.25, -0.2) is 11.6 Å². The third kappa shape index (κ3) is 2.89. The van der Waals surface area contributed by atoms with Gasteiger partial charge < -0.3 is 0 Å². The van der Waals surface area contributed by atoms with E-state index in [0.29, 0.717) is 0 Å². The Hall–Kier alpha value is 0.895. The van der Waals surface area contributed by atoms with Crippen LogP contribution in [-0.2, 0) is 0 Å². The van der Waals surface area contributed by atoms with Gasteiger partial charge >= 0.3 is 0 Å². The molecule has 0 aromatic rings. The molecule has 0 spiro atoms. The van der Waals surface area contributed by atoms with Gasteiger partial charge in [0.1, 0.15) is 0 Å². The fraction of sp³-hybridized carbons (Fsp3) is 1.00. The van der Waals surface area contributed by atoms with Gasteiger partial charge in [-0.2, -0.15) is 0 Å². The third-order valence-electron chi connectivity index (χ3n) is 0.109. The molecule has 0 aliphatic heterocycles. The van der Waals surface area contributed by atoms with Crippen LogP contribution in [0.5, 0.6) is 0 Å². The minimum absolute atomic E-state index is 1.05. The van der Waals surface area contributed by atoms with E-state index in [1.54, 1.807) is 11.6 Å². The zero-order valence-electron chi connectivity index (χ0n) is 2.49. The van der Waals surface area contributed by atoms with Crippen molar-refractivity contribution in [3.8, 4) is 0 Å². The molecular formula is CH4BBrS. The first-order valence-corrected chi connectivity index (χ1v) is 3.48. The van der Waals surface area contributed by atoms with Crippen molar-refractivity contribution in [1.29, 1.82) is 0 Å². The number of halogens is 1. The molecule has 0 bridgehead atoms. The zero-order valence-corrected chi connectivity index (χ0v) is 4.90. The summed E-state index contributed by atoms with van der Waals surface area (Å²) in [5.74, 6) is 0. The summed E-state index contributed by atoms with van der Waals surface area (Å²) in [5, 5.41) is 1.05. The van der Waals surface area contributed by atoms with Gasteiger partial charge in [0.25, 0.3) is 5.38 Å². The molecule has 0 atom stereocenters. The van der Waals surface area contributed by atoms with Gasteiger partial charge in [0.15, 0.2) is 0 Å². The van der Waals surface area contributed by atoms with Crippen molar-refractivity contribution in [3.63, 3.8) is 0 Å². The lowest BCUT2D eigenvalue weighted by Gasteiger charge is -1.63. The molecule has 0 rings (SSSR count). The van der Waals surface area contributed by atoms with Gasteiger partial charge in [0.05, 0.1) is 0 Å².